The lowest BCUT2D eigenvalue weighted by molar-refractivity contribution is 0.101. The molecule has 0 atom stereocenters. The summed E-state index contributed by atoms with van der Waals surface area (Å²) in [7, 11) is 1.71. The minimum Gasteiger partial charge on any atom is -0.407 e. The minimum atomic E-state index is -0.334. The first kappa shape index (κ1) is 17.2. The molecule has 7 nitrogen and oxygen atoms in total. The molecule has 0 fully saturated rings. The number of carbonyl (C=O) groups excluding carboxylic acids is 1. The third kappa shape index (κ3) is 4.27. The molecule has 25 heavy (non-hydrogen) atoms. The molecule has 0 radical (unpaired) electrons. The van der Waals surface area contributed by atoms with Crippen molar-refractivity contribution in [2.45, 2.75) is 25.2 Å². The molecule has 0 saturated carbocycles. The lowest BCUT2D eigenvalue weighted by atomic mass is 10.1. The van der Waals surface area contributed by atoms with E-state index in [0.717, 1.165) is 17.0 Å². The first-order chi connectivity index (χ1) is 12.0. The molecular weight excluding hydrogens is 338 g/mol. The van der Waals surface area contributed by atoms with Gasteiger partial charge in [0.1, 0.15) is 5.69 Å². The molecule has 2 aromatic heterocycles. The van der Waals surface area contributed by atoms with E-state index >= 15 is 0 Å². The summed E-state index contributed by atoms with van der Waals surface area (Å²) in [4.78, 5) is 13.4. The van der Waals surface area contributed by atoms with Crippen LogP contribution in [-0.2, 0) is 13.5 Å². The van der Waals surface area contributed by atoms with E-state index in [2.05, 4.69) is 39.7 Å². The van der Waals surface area contributed by atoms with Gasteiger partial charge >= 0.3 is 6.01 Å². The van der Waals surface area contributed by atoms with Gasteiger partial charge in [-0.05, 0) is 36.4 Å². The second-order valence-corrected chi connectivity index (χ2v) is 6.84. The first-order valence-corrected chi connectivity index (χ1v) is 8.90. The van der Waals surface area contributed by atoms with E-state index in [1.54, 1.807) is 24.9 Å². The number of carbonyl (C=O) groups is 1. The topological polar surface area (TPSA) is 85.8 Å². The van der Waals surface area contributed by atoms with Gasteiger partial charge < -0.3 is 4.42 Å². The number of nitrogens with zero attached hydrogens (tertiary/aromatic N) is 4. The predicted octanol–water partition coefficient (Wildman–Crippen LogP) is 3.07. The number of hydrogen-bond acceptors (Lipinski definition) is 6. The SMILES string of the molecule is CCSc1ccc(Cc2nnc(NC(=O)c3cc(C)nn3C)o2)cc1. The van der Waals surface area contributed by atoms with Gasteiger partial charge in [-0.2, -0.15) is 5.10 Å². The second-order valence-electron chi connectivity index (χ2n) is 5.50. The highest BCUT2D eigenvalue weighted by molar-refractivity contribution is 7.99. The van der Waals surface area contributed by atoms with Crippen molar-refractivity contribution in [2.75, 3.05) is 11.1 Å². The Balaban J connectivity index is 1.64. The van der Waals surface area contributed by atoms with Gasteiger partial charge in [0.15, 0.2) is 0 Å². The Morgan fingerprint density at radius 2 is 2.04 bits per heavy atom. The molecule has 0 aliphatic rings. The monoisotopic (exact) mass is 357 g/mol. The van der Waals surface area contributed by atoms with Gasteiger partial charge in [-0.3, -0.25) is 14.8 Å². The Kier molecular flexibility index (Phi) is 5.18. The fourth-order valence-corrected chi connectivity index (χ4v) is 3.07. The van der Waals surface area contributed by atoms with Crippen molar-refractivity contribution < 1.29 is 9.21 Å². The number of rotatable bonds is 6. The summed E-state index contributed by atoms with van der Waals surface area (Å²) in [6.45, 7) is 3.95. The van der Waals surface area contributed by atoms with Crippen LogP contribution in [0.25, 0.3) is 0 Å². The molecule has 0 aliphatic heterocycles. The Hall–Kier alpha value is -2.61. The smallest absolute Gasteiger partial charge is 0.322 e. The number of amides is 1. The van der Waals surface area contributed by atoms with Crippen LogP contribution in [-0.4, -0.2) is 31.6 Å². The highest BCUT2D eigenvalue weighted by Crippen LogP contribution is 2.19. The Morgan fingerprint density at radius 1 is 1.28 bits per heavy atom. The van der Waals surface area contributed by atoms with Crippen molar-refractivity contribution in [2.24, 2.45) is 7.05 Å². The zero-order valence-corrected chi connectivity index (χ0v) is 15.1. The van der Waals surface area contributed by atoms with E-state index in [4.69, 9.17) is 4.42 Å². The number of anilines is 1. The second kappa shape index (κ2) is 7.52. The fourth-order valence-electron chi connectivity index (χ4n) is 2.40. The molecule has 1 aromatic carbocycles. The summed E-state index contributed by atoms with van der Waals surface area (Å²) in [5, 5.41) is 14.6. The van der Waals surface area contributed by atoms with Crippen LogP contribution < -0.4 is 5.32 Å². The molecule has 1 amide bonds. The number of nitrogens with one attached hydrogen (secondary N) is 1. The van der Waals surface area contributed by atoms with Crippen LogP contribution >= 0.6 is 11.8 Å². The molecule has 8 heteroatoms. The fraction of sp³-hybridized carbons (Fsp3) is 0.294. The molecule has 0 aliphatic carbocycles. The summed E-state index contributed by atoms with van der Waals surface area (Å²) in [6.07, 6.45) is 0.519. The van der Waals surface area contributed by atoms with E-state index in [0.29, 0.717) is 18.0 Å². The molecule has 0 spiro atoms. The summed E-state index contributed by atoms with van der Waals surface area (Å²) in [5.74, 6) is 1.16. The van der Waals surface area contributed by atoms with Crippen molar-refractivity contribution in [1.29, 1.82) is 0 Å². The molecule has 130 valence electrons. The molecule has 2 heterocycles. The first-order valence-electron chi connectivity index (χ1n) is 7.91. The Labute approximate surface area is 149 Å². The number of aromatic nitrogens is 4. The zero-order chi connectivity index (χ0) is 17.8. The van der Waals surface area contributed by atoms with Gasteiger partial charge in [0, 0.05) is 11.9 Å². The van der Waals surface area contributed by atoms with Gasteiger partial charge in [0.25, 0.3) is 5.91 Å². The maximum Gasteiger partial charge on any atom is 0.322 e. The quantitative estimate of drug-likeness (QED) is 0.682. The van der Waals surface area contributed by atoms with E-state index in [1.807, 2.05) is 19.1 Å². The Morgan fingerprint density at radius 3 is 2.68 bits per heavy atom. The van der Waals surface area contributed by atoms with Crippen LogP contribution in [0, 0.1) is 6.92 Å². The lowest BCUT2D eigenvalue weighted by Gasteiger charge is -2.01. The minimum absolute atomic E-state index is 0.0806. The van der Waals surface area contributed by atoms with Crippen molar-refractivity contribution in [3.63, 3.8) is 0 Å². The predicted molar refractivity (Wildman–Crippen MR) is 95.8 cm³/mol. The standard InChI is InChI=1S/C17H19N5O2S/c1-4-25-13-7-5-12(6-8-13)10-15-19-20-17(24-15)18-16(23)14-9-11(2)21-22(14)3/h5-9H,4,10H2,1-3H3,(H,18,20,23). The average molecular weight is 357 g/mol. The van der Waals surface area contributed by atoms with E-state index in [1.165, 1.54) is 9.58 Å². The van der Waals surface area contributed by atoms with Crippen molar-refractivity contribution in [3.8, 4) is 0 Å². The number of benzene rings is 1. The third-order valence-electron chi connectivity index (χ3n) is 3.51. The van der Waals surface area contributed by atoms with Crippen LogP contribution in [0.15, 0.2) is 39.6 Å². The summed E-state index contributed by atoms with van der Waals surface area (Å²) in [5.41, 5.74) is 2.27. The van der Waals surface area contributed by atoms with Gasteiger partial charge in [-0.25, -0.2) is 0 Å². The Bertz CT molecular complexity index is 870. The largest absolute Gasteiger partial charge is 0.407 e. The number of hydrogen-bond donors (Lipinski definition) is 1. The van der Waals surface area contributed by atoms with Crippen LogP contribution in [0.2, 0.25) is 0 Å². The normalized spacial score (nSPS) is 10.8. The molecule has 3 aromatic rings. The summed E-state index contributed by atoms with van der Waals surface area (Å²) >= 11 is 1.80. The molecular formula is C17H19N5O2S. The van der Waals surface area contributed by atoms with Crippen LogP contribution in [0.3, 0.4) is 0 Å². The highest BCUT2D eigenvalue weighted by atomic mass is 32.2. The third-order valence-corrected chi connectivity index (χ3v) is 4.41. The molecule has 0 unspecified atom stereocenters. The van der Waals surface area contributed by atoms with Crippen molar-refractivity contribution in [1.82, 2.24) is 20.0 Å². The highest BCUT2D eigenvalue weighted by Gasteiger charge is 2.15. The van der Waals surface area contributed by atoms with E-state index in [-0.39, 0.29) is 11.9 Å². The maximum atomic E-state index is 12.2. The number of thioether (sulfide) groups is 1. The van der Waals surface area contributed by atoms with Crippen LogP contribution in [0.1, 0.15) is 34.6 Å². The maximum absolute atomic E-state index is 12.2. The zero-order valence-electron chi connectivity index (χ0n) is 14.3. The average Bonchev–Trinajstić information content (AvgIpc) is 3.15. The van der Waals surface area contributed by atoms with Crippen molar-refractivity contribution in [3.05, 3.63) is 53.2 Å². The molecule has 1 N–H and O–H groups in total. The van der Waals surface area contributed by atoms with E-state index < -0.39 is 0 Å². The van der Waals surface area contributed by atoms with Gasteiger partial charge in [-0.1, -0.05) is 24.2 Å². The van der Waals surface area contributed by atoms with Gasteiger partial charge in [-0.15, -0.1) is 16.9 Å². The lowest BCUT2D eigenvalue weighted by Crippen LogP contribution is -2.16. The summed E-state index contributed by atoms with van der Waals surface area (Å²) in [6, 6.07) is 10.0. The number of aryl methyl sites for hydroxylation is 2. The van der Waals surface area contributed by atoms with Gasteiger partial charge in [0.05, 0.1) is 12.1 Å². The van der Waals surface area contributed by atoms with Crippen LogP contribution in [0.5, 0.6) is 0 Å². The molecule has 0 bridgehead atoms. The van der Waals surface area contributed by atoms with Crippen molar-refractivity contribution >= 4 is 23.7 Å². The van der Waals surface area contributed by atoms with Gasteiger partial charge in [0.2, 0.25) is 5.89 Å². The molecule has 0 saturated heterocycles. The summed E-state index contributed by atoms with van der Waals surface area (Å²) < 4.78 is 7.03. The van der Waals surface area contributed by atoms with E-state index in [9.17, 15) is 4.79 Å². The van der Waals surface area contributed by atoms with Crippen LogP contribution in [0.4, 0.5) is 6.01 Å². The molecule has 3 rings (SSSR count).